The molecule has 1 atom stereocenters. The molecule has 1 fully saturated rings. The number of benzene rings is 1. The molecule has 2 rings (SSSR count). The van der Waals surface area contributed by atoms with Crippen LogP contribution in [0.4, 0.5) is 17.1 Å². The number of nitro benzene ring substituents is 1. The smallest absolute Gasteiger partial charge is 0.328 e. The van der Waals surface area contributed by atoms with E-state index in [1.165, 1.54) is 12.1 Å². The highest BCUT2D eigenvalue weighted by Crippen LogP contribution is 2.31. The first-order valence-corrected chi connectivity index (χ1v) is 6.51. The summed E-state index contributed by atoms with van der Waals surface area (Å²) in [6.45, 7) is 2.81. The van der Waals surface area contributed by atoms with Crippen LogP contribution in [-0.4, -0.2) is 30.1 Å². The molecule has 1 aromatic rings. The van der Waals surface area contributed by atoms with Gasteiger partial charge in [-0.3, -0.25) is 10.1 Å². The molecule has 0 saturated carbocycles. The Morgan fingerprint density at radius 2 is 2.35 bits per heavy atom. The Labute approximate surface area is 116 Å². The molecule has 7 heteroatoms. The highest BCUT2D eigenvalue weighted by atomic mass is 16.6. The number of nitrogens with zero attached hydrogens (tertiary/aromatic N) is 2. The van der Waals surface area contributed by atoms with Crippen LogP contribution < -0.4 is 10.6 Å². The van der Waals surface area contributed by atoms with E-state index in [1.54, 1.807) is 13.0 Å². The zero-order valence-electron chi connectivity index (χ0n) is 11.2. The maximum atomic E-state index is 11.9. The largest absolute Gasteiger partial charge is 0.464 e. The quantitative estimate of drug-likeness (QED) is 0.390. The molecule has 0 bridgehead atoms. The van der Waals surface area contributed by atoms with Crippen LogP contribution in [0, 0.1) is 10.1 Å². The van der Waals surface area contributed by atoms with Crippen molar-refractivity contribution in [1.82, 2.24) is 0 Å². The molecule has 1 aliphatic rings. The lowest BCUT2D eigenvalue weighted by Crippen LogP contribution is -2.37. The van der Waals surface area contributed by atoms with Gasteiger partial charge in [-0.2, -0.15) is 0 Å². The number of esters is 1. The van der Waals surface area contributed by atoms with Gasteiger partial charge in [0.25, 0.3) is 5.69 Å². The number of nitrogen functional groups attached to an aromatic ring is 1. The van der Waals surface area contributed by atoms with E-state index in [9.17, 15) is 14.9 Å². The first-order valence-electron chi connectivity index (χ1n) is 6.51. The van der Waals surface area contributed by atoms with Crippen molar-refractivity contribution in [2.75, 3.05) is 23.8 Å². The molecule has 1 aliphatic heterocycles. The summed E-state index contributed by atoms with van der Waals surface area (Å²) < 4.78 is 5.05. The van der Waals surface area contributed by atoms with E-state index in [0.717, 1.165) is 12.8 Å². The number of nitro groups is 1. The molecule has 0 spiro atoms. The van der Waals surface area contributed by atoms with Crippen LogP contribution in [-0.2, 0) is 9.53 Å². The number of anilines is 2. The Kier molecular flexibility index (Phi) is 4.07. The van der Waals surface area contributed by atoms with Crippen molar-refractivity contribution in [1.29, 1.82) is 0 Å². The summed E-state index contributed by atoms with van der Waals surface area (Å²) in [5, 5.41) is 10.7. The molecule has 108 valence electrons. The summed E-state index contributed by atoms with van der Waals surface area (Å²) in [5.74, 6) is -0.262. The van der Waals surface area contributed by atoms with Crippen molar-refractivity contribution in [3.8, 4) is 0 Å². The minimum absolute atomic E-state index is 0.0991. The molecule has 7 nitrogen and oxygen atoms in total. The lowest BCUT2D eigenvalue weighted by atomic mass is 10.2. The molecule has 0 aromatic heterocycles. The summed E-state index contributed by atoms with van der Waals surface area (Å²) in [7, 11) is 0. The van der Waals surface area contributed by atoms with Gasteiger partial charge in [0.15, 0.2) is 0 Å². The van der Waals surface area contributed by atoms with Gasteiger partial charge in [-0.1, -0.05) is 0 Å². The Balaban J connectivity index is 2.24. The molecule has 1 aromatic carbocycles. The molecular weight excluding hydrogens is 262 g/mol. The van der Waals surface area contributed by atoms with E-state index in [0.29, 0.717) is 18.8 Å². The van der Waals surface area contributed by atoms with Gasteiger partial charge in [0, 0.05) is 18.3 Å². The van der Waals surface area contributed by atoms with Crippen molar-refractivity contribution in [2.24, 2.45) is 0 Å². The SMILES string of the molecule is CCOC(=O)C1CCCN1c1ccc([N+](=O)[O-])c(N)c1. The first-order chi connectivity index (χ1) is 9.54. The molecule has 2 N–H and O–H groups in total. The highest BCUT2D eigenvalue weighted by Gasteiger charge is 2.32. The molecule has 1 heterocycles. The normalized spacial score (nSPS) is 18.1. The minimum Gasteiger partial charge on any atom is -0.464 e. The van der Waals surface area contributed by atoms with Crippen molar-refractivity contribution >= 4 is 23.0 Å². The fourth-order valence-electron chi connectivity index (χ4n) is 2.45. The number of carbonyl (C=O) groups excluding carboxylic acids is 1. The number of ether oxygens (including phenoxy) is 1. The predicted octanol–water partition coefficient (Wildman–Crippen LogP) is 1.71. The van der Waals surface area contributed by atoms with E-state index < -0.39 is 4.92 Å². The Morgan fingerprint density at radius 1 is 1.60 bits per heavy atom. The van der Waals surface area contributed by atoms with Crippen LogP contribution in [0.25, 0.3) is 0 Å². The topological polar surface area (TPSA) is 98.7 Å². The number of rotatable bonds is 4. The number of hydrogen-bond acceptors (Lipinski definition) is 6. The van der Waals surface area contributed by atoms with E-state index in [-0.39, 0.29) is 23.4 Å². The lowest BCUT2D eigenvalue weighted by molar-refractivity contribution is -0.383. The van der Waals surface area contributed by atoms with Gasteiger partial charge in [0.1, 0.15) is 11.7 Å². The second-order valence-electron chi connectivity index (χ2n) is 4.60. The number of nitrogens with two attached hydrogens (primary N) is 1. The zero-order valence-corrected chi connectivity index (χ0v) is 11.2. The van der Waals surface area contributed by atoms with Gasteiger partial charge < -0.3 is 15.4 Å². The summed E-state index contributed by atoms with van der Waals surface area (Å²) in [5.41, 5.74) is 6.37. The summed E-state index contributed by atoms with van der Waals surface area (Å²) >= 11 is 0. The van der Waals surface area contributed by atoms with E-state index in [1.807, 2.05) is 4.90 Å². The molecule has 1 saturated heterocycles. The van der Waals surface area contributed by atoms with E-state index >= 15 is 0 Å². The van der Waals surface area contributed by atoms with Gasteiger partial charge in [0.2, 0.25) is 0 Å². The van der Waals surface area contributed by atoms with Crippen molar-refractivity contribution in [3.05, 3.63) is 28.3 Å². The molecular formula is C13H17N3O4. The first kappa shape index (κ1) is 14.1. The summed E-state index contributed by atoms with van der Waals surface area (Å²) in [6.07, 6.45) is 1.59. The average Bonchev–Trinajstić information content (AvgIpc) is 2.87. The van der Waals surface area contributed by atoms with Crippen LogP contribution in [0.2, 0.25) is 0 Å². The third kappa shape index (κ3) is 2.66. The van der Waals surface area contributed by atoms with Gasteiger partial charge in [-0.15, -0.1) is 0 Å². The number of hydrogen-bond donors (Lipinski definition) is 1. The Morgan fingerprint density at radius 3 is 2.95 bits per heavy atom. The second-order valence-corrected chi connectivity index (χ2v) is 4.60. The van der Waals surface area contributed by atoms with Crippen LogP contribution in [0.15, 0.2) is 18.2 Å². The fraction of sp³-hybridized carbons (Fsp3) is 0.462. The van der Waals surface area contributed by atoms with Gasteiger partial charge >= 0.3 is 5.97 Å². The van der Waals surface area contributed by atoms with Crippen LogP contribution in [0.3, 0.4) is 0 Å². The monoisotopic (exact) mass is 279 g/mol. The minimum atomic E-state index is -0.522. The summed E-state index contributed by atoms with van der Waals surface area (Å²) in [4.78, 5) is 24.0. The third-order valence-electron chi connectivity index (χ3n) is 3.35. The fourth-order valence-corrected chi connectivity index (χ4v) is 2.45. The summed E-state index contributed by atoms with van der Waals surface area (Å²) in [6, 6.07) is 4.18. The second kappa shape index (κ2) is 5.77. The Hall–Kier alpha value is -2.31. The maximum absolute atomic E-state index is 11.9. The zero-order chi connectivity index (χ0) is 14.7. The maximum Gasteiger partial charge on any atom is 0.328 e. The number of carbonyl (C=O) groups is 1. The van der Waals surface area contributed by atoms with Crippen molar-refractivity contribution in [3.63, 3.8) is 0 Å². The van der Waals surface area contributed by atoms with E-state index in [4.69, 9.17) is 10.5 Å². The average molecular weight is 279 g/mol. The van der Waals surface area contributed by atoms with Gasteiger partial charge in [-0.25, -0.2) is 4.79 Å². The molecule has 0 amide bonds. The highest BCUT2D eigenvalue weighted by molar-refractivity contribution is 5.81. The molecule has 20 heavy (non-hydrogen) atoms. The van der Waals surface area contributed by atoms with Gasteiger partial charge in [0.05, 0.1) is 11.5 Å². The Bertz CT molecular complexity index is 532. The third-order valence-corrected chi connectivity index (χ3v) is 3.35. The lowest BCUT2D eigenvalue weighted by Gasteiger charge is -2.25. The van der Waals surface area contributed by atoms with Crippen LogP contribution in [0.5, 0.6) is 0 Å². The van der Waals surface area contributed by atoms with Gasteiger partial charge in [-0.05, 0) is 31.9 Å². The van der Waals surface area contributed by atoms with Crippen LogP contribution >= 0.6 is 0 Å². The standard InChI is InChI=1S/C13H17N3O4/c1-2-20-13(17)12-4-3-7-15(12)9-5-6-11(16(18)19)10(14)8-9/h5-6,8,12H,2-4,7,14H2,1H3. The molecule has 1 unspecified atom stereocenters. The van der Waals surface area contributed by atoms with Crippen molar-refractivity contribution < 1.29 is 14.5 Å². The predicted molar refractivity (Wildman–Crippen MR) is 74.5 cm³/mol. The van der Waals surface area contributed by atoms with E-state index in [2.05, 4.69) is 0 Å². The van der Waals surface area contributed by atoms with Crippen LogP contribution in [0.1, 0.15) is 19.8 Å². The van der Waals surface area contributed by atoms with Crippen molar-refractivity contribution in [2.45, 2.75) is 25.8 Å². The molecule has 0 radical (unpaired) electrons. The molecule has 0 aliphatic carbocycles.